The van der Waals surface area contributed by atoms with Gasteiger partial charge < -0.3 is 19.4 Å². The molecule has 1 aromatic carbocycles. The number of likely N-dealkylation sites (tertiary alicyclic amines) is 1. The number of anilines is 1. The van der Waals surface area contributed by atoms with Gasteiger partial charge in [0.05, 0.1) is 18.8 Å². The summed E-state index contributed by atoms with van der Waals surface area (Å²) in [7, 11) is 1.37. The highest BCUT2D eigenvalue weighted by Crippen LogP contribution is 2.21. The first-order chi connectivity index (χ1) is 15.0. The standard InChI is InChI=1S/C21H21FN4O5/c1-30-14-10-15(22)19(23-11-14)20(28)24-13-5-6-17-16(9-13)26(21(29)31-17)12-18(27)25-7-3-2-4-8-25/h5-6,9-11H,2-4,7-8,12H2,1H3,(H,24,28). The average Bonchev–Trinajstić information content (AvgIpc) is 3.08. The predicted molar refractivity (Wildman–Crippen MR) is 110 cm³/mol. The molecule has 1 aliphatic heterocycles. The Morgan fingerprint density at radius 3 is 2.71 bits per heavy atom. The van der Waals surface area contributed by atoms with E-state index in [9.17, 15) is 18.8 Å². The number of nitrogens with zero attached hydrogens (tertiary/aromatic N) is 3. The molecule has 2 aromatic heterocycles. The molecule has 0 spiro atoms. The van der Waals surface area contributed by atoms with Crippen LogP contribution in [0.4, 0.5) is 10.1 Å². The van der Waals surface area contributed by atoms with Crippen molar-refractivity contribution in [2.75, 3.05) is 25.5 Å². The van der Waals surface area contributed by atoms with Crippen LogP contribution in [0, 0.1) is 5.82 Å². The Morgan fingerprint density at radius 2 is 2.00 bits per heavy atom. The number of hydrogen-bond acceptors (Lipinski definition) is 6. The first-order valence-corrected chi connectivity index (χ1v) is 9.88. The summed E-state index contributed by atoms with van der Waals surface area (Å²) in [5.74, 6) is -2.22. The van der Waals surface area contributed by atoms with E-state index in [0.29, 0.717) is 24.3 Å². The van der Waals surface area contributed by atoms with Crippen molar-refractivity contribution < 1.29 is 23.1 Å². The Morgan fingerprint density at radius 1 is 1.23 bits per heavy atom. The average molecular weight is 428 g/mol. The van der Waals surface area contributed by atoms with Crippen LogP contribution in [0.2, 0.25) is 0 Å². The molecule has 3 heterocycles. The molecule has 0 atom stereocenters. The number of pyridine rings is 1. The van der Waals surface area contributed by atoms with Crippen LogP contribution in [-0.2, 0) is 11.3 Å². The fourth-order valence-electron chi connectivity index (χ4n) is 3.56. The summed E-state index contributed by atoms with van der Waals surface area (Å²) in [5, 5.41) is 2.55. The van der Waals surface area contributed by atoms with E-state index < -0.39 is 23.2 Å². The van der Waals surface area contributed by atoms with Gasteiger partial charge in [-0.1, -0.05) is 0 Å². The van der Waals surface area contributed by atoms with Crippen molar-refractivity contribution in [1.29, 1.82) is 0 Å². The number of amides is 2. The predicted octanol–water partition coefficient (Wildman–Crippen LogP) is 2.40. The van der Waals surface area contributed by atoms with E-state index in [-0.39, 0.29) is 23.8 Å². The second-order valence-corrected chi connectivity index (χ2v) is 7.24. The monoisotopic (exact) mass is 428 g/mol. The molecule has 162 valence electrons. The number of piperidine rings is 1. The summed E-state index contributed by atoms with van der Waals surface area (Å²) >= 11 is 0. The number of halogens is 1. The van der Waals surface area contributed by atoms with Crippen LogP contribution in [0.25, 0.3) is 11.1 Å². The number of methoxy groups -OCH3 is 1. The van der Waals surface area contributed by atoms with Crippen LogP contribution >= 0.6 is 0 Å². The lowest BCUT2D eigenvalue weighted by Crippen LogP contribution is -2.39. The highest BCUT2D eigenvalue weighted by Gasteiger charge is 2.21. The lowest BCUT2D eigenvalue weighted by Gasteiger charge is -2.26. The molecular formula is C21H21FN4O5. The summed E-state index contributed by atoms with van der Waals surface area (Å²) in [4.78, 5) is 42.8. The molecule has 10 heteroatoms. The van der Waals surface area contributed by atoms with E-state index in [0.717, 1.165) is 25.3 Å². The van der Waals surface area contributed by atoms with Gasteiger partial charge in [0, 0.05) is 24.8 Å². The number of oxazole rings is 1. The first kappa shape index (κ1) is 20.6. The third-order valence-electron chi connectivity index (χ3n) is 5.19. The maximum Gasteiger partial charge on any atom is 0.420 e. The van der Waals surface area contributed by atoms with Crippen LogP contribution in [-0.4, -0.2) is 46.5 Å². The molecule has 0 radical (unpaired) electrons. The maximum absolute atomic E-state index is 14.1. The van der Waals surface area contributed by atoms with Gasteiger partial charge in [0.25, 0.3) is 5.91 Å². The summed E-state index contributed by atoms with van der Waals surface area (Å²) in [6, 6.07) is 5.58. The largest absolute Gasteiger partial charge is 0.495 e. The second kappa shape index (κ2) is 8.58. The van der Waals surface area contributed by atoms with Gasteiger partial charge in [0.2, 0.25) is 5.91 Å². The molecule has 9 nitrogen and oxygen atoms in total. The molecule has 1 N–H and O–H groups in total. The maximum atomic E-state index is 14.1. The van der Waals surface area contributed by atoms with Crippen molar-refractivity contribution in [1.82, 2.24) is 14.5 Å². The zero-order chi connectivity index (χ0) is 22.0. The second-order valence-electron chi connectivity index (χ2n) is 7.24. The minimum absolute atomic E-state index is 0.155. The number of aromatic nitrogens is 2. The van der Waals surface area contributed by atoms with E-state index >= 15 is 0 Å². The fourth-order valence-corrected chi connectivity index (χ4v) is 3.56. The van der Waals surface area contributed by atoms with Crippen LogP contribution in [0.5, 0.6) is 5.75 Å². The zero-order valence-corrected chi connectivity index (χ0v) is 16.9. The fraction of sp³-hybridized carbons (Fsp3) is 0.333. The Labute approximate surface area is 176 Å². The van der Waals surface area contributed by atoms with E-state index in [1.807, 2.05) is 0 Å². The SMILES string of the molecule is COc1cnc(C(=O)Nc2ccc3oc(=O)n(CC(=O)N4CCCCC4)c3c2)c(F)c1. The highest BCUT2D eigenvalue weighted by atomic mass is 19.1. The van der Waals surface area contributed by atoms with Gasteiger partial charge >= 0.3 is 5.76 Å². The quantitative estimate of drug-likeness (QED) is 0.669. The molecule has 31 heavy (non-hydrogen) atoms. The smallest absolute Gasteiger partial charge is 0.420 e. The van der Waals surface area contributed by atoms with Gasteiger partial charge in [0.1, 0.15) is 12.3 Å². The minimum Gasteiger partial charge on any atom is -0.495 e. The normalized spacial score (nSPS) is 13.9. The molecule has 0 saturated carbocycles. The number of ether oxygens (including phenoxy) is 1. The number of nitrogens with one attached hydrogen (secondary N) is 1. The lowest BCUT2D eigenvalue weighted by atomic mass is 10.1. The van der Waals surface area contributed by atoms with E-state index in [4.69, 9.17) is 9.15 Å². The molecule has 3 aromatic rings. The molecule has 0 aliphatic carbocycles. The molecule has 1 fully saturated rings. The molecule has 4 rings (SSSR count). The Bertz CT molecular complexity index is 1200. The van der Waals surface area contributed by atoms with Crippen LogP contribution in [0.15, 0.2) is 39.7 Å². The summed E-state index contributed by atoms with van der Waals surface area (Å²) in [5.41, 5.74) is 0.541. The van der Waals surface area contributed by atoms with Crippen LogP contribution in [0.1, 0.15) is 29.8 Å². The van der Waals surface area contributed by atoms with Crippen molar-refractivity contribution in [3.63, 3.8) is 0 Å². The van der Waals surface area contributed by atoms with Crippen LogP contribution in [0.3, 0.4) is 0 Å². The van der Waals surface area contributed by atoms with E-state index in [1.165, 1.54) is 36.1 Å². The molecule has 0 bridgehead atoms. The lowest BCUT2D eigenvalue weighted by molar-refractivity contribution is -0.132. The number of rotatable bonds is 5. The van der Waals surface area contributed by atoms with Crippen molar-refractivity contribution >= 4 is 28.6 Å². The number of carbonyl (C=O) groups excluding carboxylic acids is 2. The number of carbonyl (C=O) groups is 2. The van der Waals surface area contributed by atoms with Gasteiger partial charge in [-0.3, -0.25) is 14.2 Å². The van der Waals surface area contributed by atoms with Gasteiger partial charge in [-0.15, -0.1) is 0 Å². The minimum atomic E-state index is -0.828. The molecular weight excluding hydrogens is 407 g/mol. The van der Waals surface area contributed by atoms with Gasteiger partial charge in [-0.05, 0) is 37.5 Å². The molecule has 1 saturated heterocycles. The zero-order valence-electron chi connectivity index (χ0n) is 16.9. The third-order valence-corrected chi connectivity index (χ3v) is 5.19. The summed E-state index contributed by atoms with van der Waals surface area (Å²) in [6.45, 7) is 1.19. The first-order valence-electron chi connectivity index (χ1n) is 9.88. The Balaban J connectivity index is 1.57. The van der Waals surface area contributed by atoms with E-state index in [2.05, 4.69) is 10.3 Å². The molecule has 0 unspecified atom stereocenters. The van der Waals surface area contributed by atoms with Crippen molar-refractivity contribution in [3.8, 4) is 5.75 Å². The molecule has 1 aliphatic rings. The summed E-state index contributed by atoms with van der Waals surface area (Å²) < 4.78 is 25.4. The van der Waals surface area contributed by atoms with Crippen molar-refractivity contribution in [3.05, 3.63) is 52.5 Å². The van der Waals surface area contributed by atoms with Gasteiger partial charge in [-0.25, -0.2) is 14.2 Å². The Hall–Kier alpha value is -3.69. The molecule has 2 amide bonds. The number of hydrogen-bond donors (Lipinski definition) is 1. The van der Waals surface area contributed by atoms with Gasteiger partial charge in [-0.2, -0.15) is 0 Å². The van der Waals surface area contributed by atoms with Crippen LogP contribution < -0.4 is 15.8 Å². The van der Waals surface area contributed by atoms with E-state index in [1.54, 1.807) is 4.90 Å². The van der Waals surface area contributed by atoms with Crippen molar-refractivity contribution in [2.45, 2.75) is 25.8 Å². The van der Waals surface area contributed by atoms with Crippen molar-refractivity contribution in [2.24, 2.45) is 0 Å². The number of benzene rings is 1. The third kappa shape index (κ3) is 4.27. The topological polar surface area (TPSA) is 107 Å². The van der Waals surface area contributed by atoms with Gasteiger partial charge in [0.15, 0.2) is 17.1 Å². The Kier molecular flexibility index (Phi) is 5.70. The summed E-state index contributed by atoms with van der Waals surface area (Å²) in [6.07, 6.45) is 4.21. The number of fused-ring (bicyclic) bond motifs is 1. The highest BCUT2D eigenvalue weighted by molar-refractivity contribution is 6.03.